The Morgan fingerprint density at radius 3 is 1.47 bits per heavy atom. The number of hydrogen-bond donors (Lipinski definition) is 4. The number of aromatic hydroxyl groups is 1. The number of benzene rings is 1. The van der Waals surface area contributed by atoms with E-state index in [1.165, 1.54) is 0 Å². The molecule has 0 saturated carbocycles. The van der Waals surface area contributed by atoms with Crippen molar-refractivity contribution in [1.82, 2.24) is 0 Å². The SMILES string of the molecule is O=C(O)c1cc(C(=O)O)c(O)c(C(=O)O)c1.[H-].[H-].[Mg+2]. The van der Waals surface area contributed by atoms with E-state index in [0.717, 1.165) is 0 Å². The molecule has 4 N–H and O–H groups in total. The molecule has 1 aromatic rings. The maximum absolute atomic E-state index is 10.6. The molecule has 0 radical (unpaired) electrons. The zero-order chi connectivity index (χ0) is 12.5. The first-order valence-electron chi connectivity index (χ1n) is 3.91. The van der Waals surface area contributed by atoms with Crippen molar-refractivity contribution in [3.8, 4) is 5.75 Å². The predicted molar refractivity (Wildman–Crippen MR) is 57.0 cm³/mol. The fourth-order valence-corrected chi connectivity index (χ4v) is 1.08. The molecule has 0 fully saturated rings. The van der Waals surface area contributed by atoms with Gasteiger partial charge in [-0.25, -0.2) is 14.4 Å². The minimum absolute atomic E-state index is 0. The summed E-state index contributed by atoms with van der Waals surface area (Å²) >= 11 is 0. The topological polar surface area (TPSA) is 132 Å². The number of carboxylic acids is 3. The van der Waals surface area contributed by atoms with Crippen molar-refractivity contribution in [2.24, 2.45) is 0 Å². The van der Waals surface area contributed by atoms with Gasteiger partial charge < -0.3 is 23.3 Å². The molecule has 0 aromatic heterocycles. The van der Waals surface area contributed by atoms with E-state index in [0.29, 0.717) is 12.1 Å². The van der Waals surface area contributed by atoms with Crippen molar-refractivity contribution in [3.05, 3.63) is 28.8 Å². The maximum atomic E-state index is 10.6. The summed E-state index contributed by atoms with van der Waals surface area (Å²) in [5, 5.41) is 35.2. The second-order valence-electron chi connectivity index (χ2n) is 2.84. The number of carboxylic acid groups (broad SMARTS) is 3. The van der Waals surface area contributed by atoms with Crippen LogP contribution in [0.4, 0.5) is 0 Å². The van der Waals surface area contributed by atoms with E-state index in [-0.39, 0.29) is 25.9 Å². The van der Waals surface area contributed by atoms with Crippen LogP contribution < -0.4 is 0 Å². The van der Waals surface area contributed by atoms with Crippen molar-refractivity contribution in [2.45, 2.75) is 0 Å². The molecule has 8 heteroatoms. The molecule has 0 unspecified atom stereocenters. The van der Waals surface area contributed by atoms with E-state index >= 15 is 0 Å². The molecule has 1 rings (SSSR count). The van der Waals surface area contributed by atoms with Crippen molar-refractivity contribution < 1.29 is 37.7 Å². The molecule has 88 valence electrons. The van der Waals surface area contributed by atoms with E-state index in [1.54, 1.807) is 0 Å². The summed E-state index contributed by atoms with van der Waals surface area (Å²) in [4.78, 5) is 31.8. The third-order valence-electron chi connectivity index (χ3n) is 1.82. The smallest absolute Gasteiger partial charge is 1.00 e. The van der Waals surface area contributed by atoms with Gasteiger partial charge >= 0.3 is 41.0 Å². The second-order valence-corrected chi connectivity index (χ2v) is 2.84. The number of aromatic carboxylic acids is 3. The number of hydrogen-bond acceptors (Lipinski definition) is 4. The monoisotopic (exact) mass is 252 g/mol. The zero-order valence-electron chi connectivity index (χ0n) is 10.4. The molecule has 0 atom stereocenters. The Bertz CT molecular complexity index is 468. The van der Waals surface area contributed by atoms with Crippen molar-refractivity contribution in [1.29, 1.82) is 0 Å². The van der Waals surface area contributed by atoms with Crippen molar-refractivity contribution in [3.63, 3.8) is 0 Å². The Morgan fingerprint density at radius 1 is 0.882 bits per heavy atom. The Labute approximate surface area is 113 Å². The number of rotatable bonds is 3. The van der Waals surface area contributed by atoms with Crippen LogP contribution in [0.5, 0.6) is 5.75 Å². The molecule has 7 nitrogen and oxygen atoms in total. The van der Waals surface area contributed by atoms with Gasteiger partial charge in [-0.2, -0.15) is 0 Å². The molecule has 0 aliphatic rings. The van der Waals surface area contributed by atoms with Crippen LogP contribution in [-0.4, -0.2) is 61.4 Å². The van der Waals surface area contributed by atoms with E-state index < -0.39 is 40.3 Å². The van der Waals surface area contributed by atoms with Gasteiger partial charge in [-0.15, -0.1) is 0 Å². The molecule has 0 bridgehead atoms. The predicted octanol–water partition coefficient (Wildman–Crippen LogP) is 0.331. The molecule has 0 spiro atoms. The summed E-state index contributed by atoms with van der Waals surface area (Å²) in [5.74, 6) is -5.67. The van der Waals surface area contributed by atoms with Crippen molar-refractivity contribution >= 4 is 41.0 Å². The first kappa shape index (κ1) is 15.2. The van der Waals surface area contributed by atoms with E-state index in [2.05, 4.69) is 0 Å². The average Bonchev–Trinajstić information content (AvgIpc) is 2.16. The molecule has 17 heavy (non-hydrogen) atoms. The van der Waals surface area contributed by atoms with Crippen LogP contribution in [0.1, 0.15) is 33.9 Å². The molecule has 0 saturated heterocycles. The van der Waals surface area contributed by atoms with Gasteiger partial charge in [-0.05, 0) is 12.1 Å². The van der Waals surface area contributed by atoms with Gasteiger partial charge in [-0.1, -0.05) is 0 Å². The molecule has 1 aromatic carbocycles. The van der Waals surface area contributed by atoms with Crippen LogP contribution in [0.3, 0.4) is 0 Å². The van der Waals surface area contributed by atoms with Gasteiger partial charge in [0.1, 0.15) is 16.9 Å². The van der Waals surface area contributed by atoms with Gasteiger partial charge in [0.15, 0.2) is 0 Å². The normalized spacial score (nSPS) is 9.18. The largest absolute Gasteiger partial charge is 2.00 e. The number of phenols is 1. The summed E-state index contributed by atoms with van der Waals surface area (Å²) in [6.45, 7) is 0. The van der Waals surface area contributed by atoms with Gasteiger partial charge in [0.05, 0.1) is 5.56 Å². The summed E-state index contributed by atoms with van der Waals surface area (Å²) in [5.41, 5.74) is -2.05. The second kappa shape index (κ2) is 5.50. The van der Waals surface area contributed by atoms with Crippen molar-refractivity contribution in [2.75, 3.05) is 0 Å². The number of carbonyl (C=O) groups is 3. The van der Waals surface area contributed by atoms with Crippen LogP contribution >= 0.6 is 0 Å². The summed E-state index contributed by atoms with van der Waals surface area (Å²) < 4.78 is 0. The average molecular weight is 252 g/mol. The zero-order valence-corrected chi connectivity index (χ0v) is 9.79. The van der Waals surface area contributed by atoms with Crippen LogP contribution in [0.25, 0.3) is 0 Å². The van der Waals surface area contributed by atoms with E-state index in [9.17, 15) is 19.5 Å². The van der Waals surface area contributed by atoms with Crippen LogP contribution in [0.15, 0.2) is 12.1 Å². The summed E-state index contributed by atoms with van der Waals surface area (Å²) in [7, 11) is 0. The molecule has 0 aliphatic heterocycles. The molecule has 0 aliphatic carbocycles. The van der Waals surface area contributed by atoms with Gasteiger partial charge in [0.2, 0.25) is 0 Å². The quantitative estimate of drug-likeness (QED) is 0.570. The Kier molecular flexibility index (Phi) is 4.92. The molecule has 0 heterocycles. The Hall–Kier alpha value is -1.80. The summed E-state index contributed by atoms with van der Waals surface area (Å²) in [6.07, 6.45) is 0. The van der Waals surface area contributed by atoms with Gasteiger partial charge in [0, 0.05) is 0 Å². The van der Waals surface area contributed by atoms with Gasteiger partial charge in [-0.3, -0.25) is 0 Å². The fourth-order valence-electron chi connectivity index (χ4n) is 1.08. The minimum Gasteiger partial charge on any atom is -1.00 e. The third kappa shape index (κ3) is 3.08. The van der Waals surface area contributed by atoms with E-state index in [1.807, 2.05) is 0 Å². The first-order chi connectivity index (χ1) is 7.34. The van der Waals surface area contributed by atoms with E-state index in [4.69, 9.17) is 15.3 Å². The maximum Gasteiger partial charge on any atom is 2.00 e. The fraction of sp³-hybridized carbons (Fsp3) is 0. The summed E-state index contributed by atoms with van der Waals surface area (Å²) in [6, 6.07) is 1.37. The van der Waals surface area contributed by atoms with Crippen LogP contribution in [0.2, 0.25) is 0 Å². The molecular formula is C9H8MgO7. The first-order valence-corrected chi connectivity index (χ1v) is 3.91. The van der Waals surface area contributed by atoms with Gasteiger partial charge in [0.25, 0.3) is 0 Å². The Morgan fingerprint density at radius 2 is 1.24 bits per heavy atom. The molecular weight excluding hydrogens is 244 g/mol. The van der Waals surface area contributed by atoms with Crippen LogP contribution in [-0.2, 0) is 0 Å². The van der Waals surface area contributed by atoms with Crippen LogP contribution in [0, 0.1) is 0 Å². The Balaban J connectivity index is -0.000000853. The molecule has 0 amide bonds. The minimum atomic E-state index is -1.61. The standard InChI is InChI=1S/C9H6O7.Mg.2H/c10-6-4(8(13)14)1-3(7(11)12)2-5(6)9(15)16;;;/h1-2,10H,(H,11,12)(H,13,14)(H,15,16);;;/q;+2;2*-1. The third-order valence-corrected chi connectivity index (χ3v) is 1.82.